The van der Waals surface area contributed by atoms with Crippen LogP contribution in [0.5, 0.6) is 5.75 Å². The van der Waals surface area contributed by atoms with E-state index in [1.54, 1.807) is 24.3 Å². The van der Waals surface area contributed by atoms with Crippen molar-refractivity contribution in [1.29, 1.82) is 0 Å². The van der Waals surface area contributed by atoms with Crippen LogP contribution in [0.3, 0.4) is 0 Å². The molecule has 1 aromatic rings. The highest BCUT2D eigenvalue weighted by molar-refractivity contribution is 6.30. The number of rotatable bonds is 4. The Labute approximate surface area is 99.1 Å². The minimum atomic E-state index is 0.233. The summed E-state index contributed by atoms with van der Waals surface area (Å²) in [4.78, 5) is 8.01. The Kier molecular flexibility index (Phi) is 4.54. The molecule has 1 heterocycles. The van der Waals surface area contributed by atoms with Crippen molar-refractivity contribution in [2.45, 2.75) is 0 Å². The zero-order chi connectivity index (χ0) is 12.0. The third-order valence-electron chi connectivity index (χ3n) is 1.71. The predicted molar refractivity (Wildman–Crippen MR) is 65.1 cm³/mol. The molecule has 16 heavy (non-hydrogen) atoms. The molecule has 0 saturated heterocycles. The number of ether oxygens (including phenoxy) is 1. The van der Waals surface area contributed by atoms with Gasteiger partial charge in [-0.1, -0.05) is 36.4 Å². The average molecular weight is 238 g/mol. The molecule has 0 aliphatic rings. The summed E-state index contributed by atoms with van der Waals surface area (Å²) in [5, 5.41) is 0.233. The number of hydrogen-bond donors (Lipinski definition) is 1. The lowest BCUT2D eigenvalue weighted by Crippen LogP contribution is -2.03. The maximum atomic E-state index is 5.84. The number of hydrogen-bond acceptors (Lipinski definition) is 4. The fourth-order valence-electron chi connectivity index (χ4n) is 0.938. The van der Waals surface area contributed by atoms with Crippen LogP contribution in [0.1, 0.15) is 5.82 Å². The van der Waals surface area contributed by atoms with E-state index in [4.69, 9.17) is 22.1 Å². The monoisotopic (exact) mass is 237 g/mol. The van der Waals surface area contributed by atoms with Crippen molar-refractivity contribution >= 4 is 17.3 Å². The molecule has 0 amide bonds. The fraction of sp³-hybridized carbons (Fsp3) is 0.0909. The van der Waals surface area contributed by atoms with Crippen molar-refractivity contribution in [3.8, 4) is 5.75 Å². The van der Waals surface area contributed by atoms with E-state index in [1.807, 2.05) is 0 Å². The quantitative estimate of drug-likeness (QED) is 0.644. The molecule has 0 saturated carbocycles. The van der Waals surface area contributed by atoms with Gasteiger partial charge in [-0.2, -0.15) is 0 Å². The summed E-state index contributed by atoms with van der Waals surface area (Å²) in [6, 6.07) is 0. The Morgan fingerprint density at radius 2 is 2.31 bits per heavy atom. The van der Waals surface area contributed by atoms with E-state index in [2.05, 4.69) is 16.5 Å². The third-order valence-corrected chi connectivity index (χ3v) is 1.98. The maximum absolute atomic E-state index is 5.84. The second kappa shape index (κ2) is 5.92. The summed E-state index contributed by atoms with van der Waals surface area (Å²) in [6.45, 7) is 3.54. The van der Waals surface area contributed by atoms with Gasteiger partial charge in [0, 0.05) is 0 Å². The van der Waals surface area contributed by atoms with Gasteiger partial charge in [0.25, 0.3) is 0 Å². The summed E-state index contributed by atoms with van der Waals surface area (Å²) in [6.07, 6.45) is 8.27. The number of aromatic nitrogens is 2. The second-order valence-electron chi connectivity index (χ2n) is 2.80. The van der Waals surface area contributed by atoms with E-state index < -0.39 is 0 Å². The smallest absolute Gasteiger partial charge is 0.177 e. The van der Waals surface area contributed by atoms with Gasteiger partial charge >= 0.3 is 0 Å². The predicted octanol–water partition coefficient (Wildman–Crippen LogP) is 2.18. The van der Waals surface area contributed by atoms with Gasteiger partial charge in [-0.25, -0.2) is 9.97 Å². The molecular weight excluding hydrogens is 226 g/mol. The van der Waals surface area contributed by atoms with Gasteiger partial charge in [-0.3, -0.25) is 0 Å². The van der Waals surface area contributed by atoms with Crippen LogP contribution < -0.4 is 10.5 Å². The van der Waals surface area contributed by atoms with Gasteiger partial charge in [-0.15, -0.1) is 0 Å². The van der Waals surface area contributed by atoms with Crippen LogP contribution in [0, 0.1) is 0 Å². The normalized spacial score (nSPS) is 11.8. The Balaban J connectivity index is 2.96. The molecule has 0 aliphatic heterocycles. The molecule has 0 unspecified atom stereocenters. The molecule has 0 radical (unpaired) electrons. The number of methoxy groups -OCH3 is 1. The Morgan fingerprint density at radius 3 is 2.88 bits per heavy atom. The first-order chi connectivity index (χ1) is 7.69. The molecule has 1 rings (SSSR count). The minimum Gasteiger partial charge on any atom is -0.492 e. The zero-order valence-electron chi connectivity index (χ0n) is 8.85. The van der Waals surface area contributed by atoms with Crippen molar-refractivity contribution in [3.05, 3.63) is 48.1 Å². The number of allylic oxidation sites excluding steroid dienone is 4. The van der Waals surface area contributed by atoms with Crippen molar-refractivity contribution < 1.29 is 4.74 Å². The van der Waals surface area contributed by atoms with Crippen LogP contribution in [0.25, 0.3) is 5.70 Å². The van der Waals surface area contributed by atoms with E-state index in [-0.39, 0.29) is 5.15 Å². The maximum Gasteiger partial charge on any atom is 0.177 e. The van der Waals surface area contributed by atoms with Crippen molar-refractivity contribution in [3.63, 3.8) is 0 Å². The van der Waals surface area contributed by atoms with E-state index in [0.717, 1.165) is 0 Å². The van der Waals surface area contributed by atoms with Crippen LogP contribution in [0.4, 0.5) is 0 Å². The SMILES string of the molecule is C=C/C=C\C=C(/N)c1ncc(OC)c(Cl)n1. The molecule has 2 N–H and O–H groups in total. The fourth-order valence-corrected chi connectivity index (χ4v) is 1.14. The molecule has 5 heteroatoms. The van der Waals surface area contributed by atoms with E-state index in [1.165, 1.54) is 13.3 Å². The van der Waals surface area contributed by atoms with Crippen molar-refractivity contribution in [1.82, 2.24) is 9.97 Å². The van der Waals surface area contributed by atoms with Gasteiger partial charge in [-0.05, 0) is 6.08 Å². The molecular formula is C11H12ClN3O. The van der Waals surface area contributed by atoms with E-state index >= 15 is 0 Å². The summed E-state index contributed by atoms with van der Waals surface area (Å²) >= 11 is 5.84. The minimum absolute atomic E-state index is 0.233. The van der Waals surface area contributed by atoms with Crippen LogP contribution in [0.15, 0.2) is 37.1 Å². The zero-order valence-corrected chi connectivity index (χ0v) is 9.61. The first kappa shape index (κ1) is 12.3. The van der Waals surface area contributed by atoms with Crippen LogP contribution in [0.2, 0.25) is 5.15 Å². The lowest BCUT2D eigenvalue weighted by molar-refractivity contribution is 0.411. The summed E-state index contributed by atoms with van der Waals surface area (Å²) < 4.78 is 4.93. The molecule has 0 aliphatic carbocycles. The number of nitrogens with two attached hydrogens (primary N) is 1. The van der Waals surface area contributed by atoms with E-state index in [9.17, 15) is 0 Å². The van der Waals surface area contributed by atoms with Gasteiger partial charge in [0.05, 0.1) is 19.0 Å². The largest absolute Gasteiger partial charge is 0.492 e. The number of halogens is 1. The average Bonchev–Trinajstić information content (AvgIpc) is 2.29. The molecule has 0 spiro atoms. The van der Waals surface area contributed by atoms with Gasteiger partial charge in [0.2, 0.25) is 0 Å². The van der Waals surface area contributed by atoms with Crippen LogP contribution >= 0.6 is 11.6 Å². The van der Waals surface area contributed by atoms with Crippen LogP contribution in [-0.2, 0) is 0 Å². The highest BCUT2D eigenvalue weighted by Gasteiger charge is 2.06. The molecule has 84 valence electrons. The summed E-state index contributed by atoms with van der Waals surface area (Å²) in [7, 11) is 1.50. The Morgan fingerprint density at radius 1 is 1.56 bits per heavy atom. The highest BCUT2D eigenvalue weighted by Crippen LogP contribution is 2.20. The van der Waals surface area contributed by atoms with Gasteiger partial charge in [0.15, 0.2) is 16.7 Å². The van der Waals surface area contributed by atoms with Crippen molar-refractivity contribution in [2.75, 3.05) is 7.11 Å². The van der Waals surface area contributed by atoms with Crippen molar-refractivity contribution in [2.24, 2.45) is 5.73 Å². The lowest BCUT2D eigenvalue weighted by Gasteiger charge is -2.03. The third kappa shape index (κ3) is 3.10. The highest BCUT2D eigenvalue weighted by atomic mass is 35.5. The van der Waals surface area contributed by atoms with Crippen LogP contribution in [-0.4, -0.2) is 17.1 Å². The Bertz CT molecular complexity index is 441. The second-order valence-corrected chi connectivity index (χ2v) is 3.15. The first-order valence-electron chi connectivity index (χ1n) is 4.50. The molecule has 0 bridgehead atoms. The summed E-state index contributed by atoms with van der Waals surface area (Å²) in [5.74, 6) is 0.777. The number of nitrogens with zero attached hydrogens (tertiary/aromatic N) is 2. The van der Waals surface area contributed by atoms with E-state index in [0.29, 0.717) is 17.3 Å². The van der Waals surface area contributed by atoms with Gasteiger partial charge in [0.1, 0.15) is 0 Å². The molecule has 1 aromatic heterocycles. The van der Waals surface area contributed by atoms with Gasteiger partial charge < -0.3 is 10.5 Å². The molecule has 0 fully saturated rings. The molecule has 4 nitrogen and oxygen atoms in total. The molecule has 0 atom stereocenters. The molecule has 0 aromatic carbocycles. The Hall–Kier alpha value is -1.81. The standard InChI is InChI=1S/C11H12ClN3O/c1-3-4-5-6-8(13)11-14-7-9(16-2)10(12)15-11/h3-7H,1,13H2,2H3/b5-4-,8-6-. The lowest BCUT2D eigenvalue weighted by atomic mass is 10.3. The first-order valence-corrected chi connectivity index (χ1v) is 4.88. The summed E-state index contributed by atoms with van der Waals surface area (Å²) in [5.41, 5.74) is 6.17. The topological polar surface area (TPSA) is 61.0 Å².